The molecule has 5 rings (SSSR count). The number of carbonyl (C=O) groups is 3. The lowest BCUT2D eigenvalue weighted by Crippen LogP contribution is -2.47. The molecule has 3 amide bonds. The predicted molar refractivity (Wildman–Crippen MR) is 160 cm³/mol. The Balaban J connectivity index is 0.000000566. The largest absolute Gasteiger partial charge is 0.490 e. The van der Waals surface area contributed by atoms with Crippen molar-refractivity contribution in [1.82, 2.24) is 20.2 Å². The van der Waals surface area contributed by atoms with E-state index in [9.17, 15) is 22.8 Å². The smallest absolute Gasteiger partial charge is 0.475 e. The molecule has 6 bridgehead atoms. The van der Waals surface area contributed by atoms with Crippen molar-refractivity contribution in [3.8, 4) is 0 Å². The number of fused-ring (bicyclic) bond motifs is 6. The maximum atomic E-state index is 13.3. The Morgan fingerprint density at radius 3 is 2.59 bits per heavy atom. The third-order valence-corrected chi connectivity index (χ3v) is 7.16. The number of rotatable bonds is 3. The summed E-state index contributed by atoms with van der Waals surface area (Å²) >= 11 is 6.37. The number of carboxylic acid groups (broad SMARTS) is 1. The van der Waals surface area contributed by atoms with Gasteiger partial charge in [-0.15, -0.1) is 0 Å². The zero-order chi connectivity index (χ0) is 31.9. The second-order valence-electron chi connectivity index (χ2n) is 10.1. The average molecular weight is 634 g/mol. The Morgan fingerprint density at radius 1 is 1.11 bits per heavy atom. The number of carboxylic acids is 1. The molecule has 1 fully saturated rings. The molecule has 0 aliphatic carbocycles. The van der Waals surface area contributed by atoms with E-state index < -0.39 is 12.1 Å². The van der Waals surface area contributed by atoms with Gasteiger partial charge >= 0.3 is 18.2 Å². The van der Waals surface area contributed by atoms with Crippen LogP contribution in [0, 0.1) is 5.92 Å². The molecular formula is C29H31ClF3N7O4. The minimum Gasteiger partial charge on any atom is -0.475 e. The van der Waals surface area contributed by atoms with Gasteiger partial charge in [0.05, 0.1) is 12.1 Å². The van der Waals surface area contributed by atoms with E-state index in [0.29, 0.717) is 36.4 Å². The quantitative estimate of drug-likeness (QED) is 0.246. The van der Waals surface area contributed by atoms with Crippen molar-refractivity contribution >= 4 is 58.3 Å². The topological polar surface area (TPSA) is 149 Å². The highest BCUT2D eigenvalue weighted by Gasteiger charge is 2.38. The summed E-state index contributed by atoms with van der Waals surface area (Å²) in [5.74, 6) is -2.14. The van der Waals surface area contributed by atoms with E-state index in [1.54, 1.807) is 11.1 Å². The van der Waals surface area contributed by atoms with Crippen LogP contribution in [0.1, 0.15) is 30.9 Å². The lowest BCUT2D eigenvalue weighted by Gasteiger charge is -2.32. The number of benzene rings is 2. The summed E-state index contributed by atoms with van der Waals surface area (Å²) in [6, 6.07) is 13.8. The van der Waals surface area contributed by atoms with E-state index in [4.69, 9.17) is 21.5 Å². The second kappa shape index (κ2) is 14.3. The minimum absolute atomic E-state index is 0.0661. The summed E-state index contributed by atoms with van der Waals surface area (Å²) in [6.07, 6.45) is -0.453. The normalized spacial score (nSPS) is 15.8. The van der Waals surface area contributed by atoms with Crippen molar-refractivity contribution in [3.63, 3.8) is 0 Å². The number of nitrogens with one attached hydrogen (secondary N) is 4. The Bertz CT molecular complexity index is 1520. The van der Waals surface area contributed by atoms with E-state index in [2.05, 4.69) is 43.4 Å². The summed E-state index contributed by atoms with van der Waals surface area (Å²) in [5, 5.41) is 20.0. The van der Waals surface area contributed by atoms with E-state index in [-0.39, 0.29) is 17.9 Å². The third-order valence-electron chi connectivity index (χ3n) is 6.89. The zero-order valence-corrected chi connectivity index (χ0v) is 24.4. The van der Waals surface area contributed by atoms with Crippen LogP contribution in [0.25, 0.3) is 0 Å². The number of piperidine rings is 1. The summed E-state index contributed by atoms with van der Waals surface area (Å²) in [5.41, 5.74) is 4.62. The van der Waals surface area contributed by atoms with Gasteiger partial charge in [-0.1, -0.05) is 23.7 Å². The van der Waals surface area contributed by atoms with Gasteiger partial charge in [0, 0.05) is 36.7 Å². The number of halogens is 4. The maximum Gasteiger partial charge on any atom is 0.490 e. The van der Waals surface area contributed by atoms with Gasteiger partial charge in [-0.2, -0.15) is 18.2 Å². The first-order chi connectivity index (χ1) is 20.9. The van der Waals surface area contributed by atoms with Gasteiger partial charge < -0.3 is 31.3 Å². The molecule has 1 saturated heterocycles. The van der Waals surface area contributed by atoms with Crippen molar-refractivity contribution in [2.75, 3.05) is 35.6 Å². The first kappa shape index (κ1) is 32.3. The van der Waals surface area contributed by atoms with Crippen LogP contribution in [-0.4, -0.2) is 63.7 Å². The fraction of sp³-hybridized carbons (Fsp3) is 0.345. The first-order valence-corrected chi connectivity index (χ1v) is 14.2. The third kappa shape index (κ3) is 8.72. The van der Waals surface area contributed by atoms with Gasteiger partial charge in [0.1, 0.15) is 5.02 Å². The van der Waals surface area contributed by atoms with Crippen LogP contribution in [0.2, 0.25) is 5.02 Å². The molecule has 11 nitrogen and oxygen atoms in total. The molecule has 15 heteroatoms. The van der Waals surface area contributed by atoms with Crippen LogP contribution in [0.4, 0.5) is 46.8 Å². The van der Waals surface area contributed by atoms with Crippen LogP contribution in [0.3, 0.4) is 0 Å². The molecule has 1 atom stereocenters. The van der Waals surface area contributed by atoms with Crippen molar-refractivity contribution < 1.29 is 32.7 Å². The van der Waals surface area contributed by atoms with Crippen LogP contribution in [-0.2, 0) is 22.4 Å². The summed E-state index contributed by atoms with van der Waals surface area (Å²) in [7, 11) is 0. The van der Waals surface area contributed by atoms with E-state index in [0.717, 1.165) is 53.9 Å². The van der Waals surface area contributed by atoms with Gasteiger partial charge in [-0.25, -0.2) is 14.6 Å². The van der Waals surface area contributed by atoms with Gasteiger partial charge in [-0.05, 0) is 74.1 Å². The Labute approximate surface area is 256 Å². The molecule has 2 aliphatic rings. The number of aromatic nitrogens is 2. The number of hydrogen-bond donors (Lipinski definition) is 5. The number of carbonyl (C=O) groups excluding carboxylic acids is 2. The maximum absolute atomic E-state index is 13.3. The fourth-order valence-electron chi connectivity index (χ4n) is 4.74. The molecule has 0 spiro atoms. The summed E-state index contributed by atoms with van der Waals surface area (Å²) in [6.45, 7) is 3.54. The van der Waals surface area contributed by atoms with Crippen molar-refractivity contribution in [2.24, 2.45) is 5.92 Å². The molecule has 2 aromatic carbocycles. The lowest BCUT2D eigenvalue weighted by atomic mass is 9.96. The Hall–Kier alpha value is -4.59. The molecular weight excluding hydrogens is 603 g/mol. The Morgan fingerprint density at radius 2 is 1.86 bits per heavy atom. The number of hydrogen-bond acceptors (Lipinski definition) is 7. The summed E-state index contributed by atoms with van der Waals surface area (Å²) in [4.78, 5) is 45.0. The van der Waals surface area contributed by atoms with Gasteiger partial charge in [0.2, 0.25) is 11.9 Å². The first-order valence-electron chi connectivity index (χ1n) is 13.8. The van der Waals surface area contributed by atoms with Gasteiger partial charge in [-0.3, -0.25) is 4.79 Å². The number of anilines is 5. The number of nitrogens with zero attached hydrogens (tertiary/aromatic N) is 3. The number of likely N-dealkylation sites (tertiary alicyclic amines) is 1. The molecule has 44 heavy (non-hydrogen) atoms. The van der Waals surface area contributed by atoms with E-state index in [1.807, 2.05) is 37.3 Å². The molecule has 5 N–H and O–H groups in total. The standard InChI is InChI=1S/C27H30ClN7O2.C2HF3O2/c1-2-29-27(37)35-12-4-6-19(16-35)25(36)33-23-11-10-21-14-18(23)9-8-17-5-3-7-20(13-17)32-26-30-15-22(28)24(31-21)34-26;3-2(4,5)1(6)7/h3,5,7,10-11,13-15,19H,2,4,6,8-9,12,16H2,1H3,(H,29,37)(H,33,36)(H2,30,31,32,34);(H,6,7). The number of aryl methyl sites for hydroxylation is 2. The van der Waals surface area contributed by atoms with E-state index in [1.165, 1.54) is 0 Å². The highest BCUT2D eigenvalue weighted by molar-refractivity contribution is 6.32. The molecule has 3 aromatic rings. The highest BCUT2D eigenvalue weighted by Crippen LogP contribution is 2.30. The van der Waals surface area contributed by atoms with Crippen molar-refractivity contribution in [1.29, 1.82) is 0 Å². The van der Waals surface area contributed by atoms with Crippen LogP contribution in [0.15, 0.2) is 48.7 Å². The fourth-order valence-corrected chi connectivity index (χ4v) is 4.88. The van der Waals surface area contributed by atoms with Gasteiger partial charge in [0.25, 0.3) is 0 Å². The van der Waals surface area contributed by atoms with Gasteiger partial charge in [0.15, 0.2) is 5.82 Å². The van der Waals surface area contributed by atoms with Crippen LogP contribution in [0.5, 0.6) is 0 Å². The molecule has 3 heterocycles. The molecule has 0 radical (unpaired) electrons. The molecule has 0 saturated carbocycles. The highest BCUT2D eigenvalue weighted by atomic mass is 35.5. The second-order valence-corrected chi connectivity index (χ2v) is 10.5. The number of aliphatic carboxylic acids is 1. The zero-order valence-electron chi connectivity index (χ0n) is 23.7. The number of urea groups is 1. The Kier molecular flexibility index (Phi) is 10.5. The predicted octanol–water partition coefficient (Wildman–Crippen LogP) is 5.73. The van der Waals surface area contributed by atoms with Crippen LogP contribution < -0.4 is 21.3 Å². The molecule has 1 aromatic heterocycles. The number of alkyl halides is 3. The number of amides is 3. The van der Waals surface area contributed by atoms with Crippen molar-refractivity contribution in [3.05, 3.63) is 64.8 Å². The summed E-state index contributed by atoms with van der Waals surface area (Å²) < 4.78 is 31.7. The molecule has 1 unspecified atom stereocenters. The average Bonchev–Trinajstić information content (AvgIpc) is 2.99. The van der Waals surface area contributed by atoms with Crippen LogP contribution >= 0.6 is 11.6 Å². The SMILES string of the molecule is CCNC(=O)N1CCCC(C(=O)Nc2ccc3cc2CCc2cccc(c2)Nc2ncc(Cl)c(n2)N3)C1.O=C(O)C(F)(F)F. The van der Waals surface area contributed by atoms with E-state index >= 15 is 0 Å². The monoisotopic (exact) mass is 633 g/mol. The molecule has 234 valence electrons. The lowest BCUT2D eigenvalue weighted by molar-refractivity contribution is -0.192. The minimum atomic E-state index is -5.08. The molecule has 2 aliphatic heterocycles. The van der Waals surface area contributed by atoms with Crippen molar-refractivity contribution in [2.45, 2.75) is 38.8 Å².